The lowest BCUT2D eigenvalue weighted by atomic mass is 9.97. The smallest absolute Gasteiger partial charge is 0.234 e. The second kappa shape index (κ2) is 9.35. The van der Waals surface area contributed by atoms with E-state index in [4.69, 9.17) is 0 Å². The van der Waals surface area contributed by atoms with Gasteiger partial charge in [0.2, 0.25) is 5.91 Å². The fourth-order valence-electron chi connectivity index (χ4n) is 5.09. The molecule has 156 valence electrons. The molecule has 7 heteroatoms. The van der Waals surface area contributed by atoms with Gasteiger partial charge in [-0.3, -0.25) is 9.69 Å². The van der Waals surface area contributed by atoms with Crippen molar-refractivity contribution in [2.75, 3.05) is 39.3 Å². The molecular formula is C21H36N6O. The van der Waals surface area contributed by atoms with Crippen molar-refractivity contribution in [3.8, 4) is 0 Å². The van der Waals surface area contributed by atoms with Gasteiger partial charge in [0, 0.05) is 44.6 Å². The van der Waals surface area contributed by atoms with Gasteiger partial charge in [-0.25, -0.2) is 0 Å². The van der Waals surface area contributed by atoms with Gasteiger partial charge in [0.25, 0.3) is 0 Å². The monoisotopic (exact) mass is 388 g/mol. The van der Waals surface area contributed by atoms with E-state index in [1.807, 2.05) is 0 Å². The lowest BCUT2D eigenvalue weighted by Crippen LogP contribution is -2.48. The van der Waals surface area contributed by atoms with Gasteiger partial charge in [0.1, 0.15) is 11.6 Å². The van der Waals surface area contributed by atoms with Crippen molar-refractivity contribution in [2.45, 2.75) is 76.8 Å². The van der Waals surface area contributed by atoms with E-state index in [1.165, 1.54) is 25.1 Å². The minimum absolute atomic E-state index is 0.190. The lowest BCUT2D eigenvalue weighted by molar-refractivity contribution is -0.123. The first-order valence-corrected chi connectivity index (χ1v) is 11.4. The Labute approximate surface area is 168 Å². The number of likely N-dealkylation sites (tertiary alicyclic amines) is 2. The fourth-order valence-corrected chi connectivity index (χ4v) is 5.09. The van der Waals surface area contributed by atoms with Gasteiger partial charge >= 0.3 is 0 Å². The highest BCUT2D eigenvalue weighted by Crippen LogP contribution is 2.27. The van der Waals surface area contributed by atoms with Crippen LogP contribution in [0.3, 0.4) is 0 Å². The van der Waals surface area contributed by atoms with E-state index >= 15 is 0 Å². The number of fused-ring (bicyclic) bond motifs is 1. The van der Waals surface area contributed by atoms with Gasteiger partial charge in [-0.15, -0.1) is 10.2 Å². The molecule has 0 radical (unpaired) electrons. The fraction of sp³-hybridized carbons (Fsp3) is 0.857. The number of hydrogen-bond donors (Lipinski definition) is 1. The van der Waals surface area contributed by atoms with Crippen LogP contribution in [-0.2, 0) is 17.8 Å². The zero-order chi connectivity index (χ0) is 19.3. The van der Waals surface area contributed by atoms with Gasteiger partial charge in [-0.2, -0.15) is 0 Å². The van der Waals surface area contributed by atoms with Crippen LogP contribution in [0.4, 0.5) is 0 Å². The Kier molecular flexibility index (Phi) is 6.62. The third kappa shape index (κ3) is 4.74. The van der Waals surface area contributed by atoms with Crippen molar-refractivity contribution >= 4 is 5.91 Å². The second-order valence-corrected chi connectivity index (χ2v) is 8.79. The first-order valence-electron chi connectivity index (χ1n) is 11.4. The molecule has 1 N–H and O–H groups in total. The number of aromatic nitrogens is 3. The molecule has 2 saturated heterocycles. The van der Waals surface area contributed by atoms with Crippen LogP contribution in [0.5, 0.6) is 0 Å². The number of aryl methyl sites for hydroxylation is 1. The van der Waals surface area contributed by atoms with Crippen LogP contribution < -0.4 is 5.32 Å². The summed E-state index contributed by atoms with van der Waals surface area (Å²) in [5.41, 5.74) is 0. The summed E-state index contributed by atoms with van der Waals surface area (Å²) in [6.07, 6.45) is 9.25. The quantitative estimate of drug-likeness (QED) is 0.833. The van der Waals surface area contributed by atoms with E-state index in [9.17, 15) is 4.79 Å². The van der Waals surface area contributed by atoms with Crippen molar-refractivity contribution in [2.24, 2.45) is 0 Å². The Morgan fingerprint density at radius 3 is 2.68 bits per heavy atom. The molecule has 4 heterocycles. The maximum atomic E-state index is 12.6. The molecule has 4 rings (SSSR count). The van der Waals surface area contributed by atoms with Crippen LogP contribution in [0.15, 0.2) is 0 Å². The summed E-state index contributed by atoms with van der Waals surface area (Å²) in [7, 11) is 0. The van der Waals surface area contributed by atoms with Gasteiger partial charge in [-0.1, -0.05) is 13.3 Å². The largest absolute Gasteiger partial charge is 0.352 e. The molecule has 3 aliphatic heterocycles. The average molecular weight is 389 g/mol. The number of rotatable bonds is 5. The maximum Gasteiger partial charge on any atom is 0.234 e. The molecule has 0 saturated carbocycles. The van der Waals surface area contributed by atoms with Crippen LogP contribution in [0, 0.1) is 0 Å². The zero-order valence-electron chi connectivity index (χ0n) is 17.4. The highest BCUT2D eigenvalue weighted by Gasteiger charge is 2.28. The van der Waals surface area contributed by atoms with Crippen LogP contribution in [-0.4, -0.2) is 75.8 Å². The van der Waals surface area contributed by atoms with Gasteiger partial charge in [-0.05, 0) is 51.6 Å². The van der Waals surface area contributed by atoms with Gasteiger partial charge in [0.15, 0.2) is 0 Å². The first kappa shape index (κ1) is 19.8. The third-order valence-corrected chi connectivity index (χ3v) is 6.78. The zero-order valence-corrected chi connectivity index (χ0v) is 17.4. The van der Waals surface area contributed by atoms with E-state index in [-0.39, 0.29) is 5.91 Å². The summed E-state index contributed by atoms with van der Waals surface area (Å²) in [6, 6.07) is 0.350. The summed E-state index contributed by atoms with van der Waals surface area (Å²) in [6.45, 7) is 9.05. The Bertz CT molecular complexity index is 651. The second-order valence-electron chi connectivity index (χ2n) is 8.79. The average Bonchev–Trinajstić information content (AvgIpc) is 2.97. The van der Waals surface area contributed by atoms with E-state index in [1.54, 1.807) is 0 Å². The molecule has 28 heavy (non-hydrogen) atoms. The highest BCUT2D eigenvalue weighted by atomic mass is 16.2. The molecule has 7 nitrogen and oxygen atoms in total. The number of amides is 1. The first-order chi connectivity index (χ1) is 13.7. The Morgan fingerprint density at radius 1 is 1.00 bits per heavy atom. The summed E-state index contributed by atoms with van der Waals surface area (Å²) in [5, 5.41) is 12.3. The molecule has 0 aromatic carbocycles. The molecule has 0 bridgehead atoms. The summed E-state index contributed by atoms with van der Waals surface area (Å²) < 4.78 is 2.38. The van der Waals surface area contributed by atoms with E-state index < -0.39 is 0 Å². The molecule has 1 amide bonds. The van der Waals surface area contributed by atoms with Crippen molar-refractivity contribution < 1.29 is 4.79 Å². The van der Waals surface area contributed by atoms with Gasteiger partial charge in [0.05, 0.1) is 6.54 Å². The maximum absolute atomic E-state index is 12.6. The van der Waals surface area contributed by atoms with E-state index in [2.05, 4.69) is 36.8 Å². The summed E-state index contributed by atoms with van der Waals surface area (Å²) >= 11 is 0. The standard InChI is InChI=1S/C21H36N6O/c1-2-25-13-9-18(10-14-25)22-20(28)16-26-11-6-7-17(15-26)21-24-23-19-8-4-3-5-12-27(19)21/h17-18H,2-16H2,1H3,(H,22,28)/t17-/m1/s1. The van der Waals surface area contributed by atoms with E-state index in [0.717, 1.165) is 77.2 Å². The number of hydrogen-bond acceptors (Lipinski definition) is 5. The minimum atomic E-state index is 0.190. The topological polar surface area (TPSA) is 66.3 Å². The summed E-state index contributed by atoms with van der Waals surface area (Å²) in [4.78, 5) is 17.4. The summed E-state index contributed by atoms with van der Waals surface area (Å²) in [5.74, 6) is 2.93. The Morgan fingerprint density at radius 2 is 1.86 bits per heavy atom. The van der Waals surface area contributed by atoms with Crippen LogP contribution in [0.25, 0.3) is 0 Å². The van der Waals surface area contributed by atoms with Crippen LogP contribution >= 0.6 is 0 Å². The molecule has 3 aliphatic rings. The van der Waals surface area contributed by atoms with Crippen molar-refractivity contribution in [1.29, 1.82) is 0 Å². The number of nitrogens with one attached hydrogen (secondary N) is 1. The molecular weight excluding hydrogens is 352 g/mol. The number of carbonyl (C=O) groups excluding carboxylic acids is 1. The number of piperidine rings is 2. The SMILES string of the molecule is CCN1CCC(NC(=O)CN2CCC[C@@H](c3nnc4n3CCCCC4)C2)CC1. The number of nitrogens with zero attached hydrogens (tertiary/aromatic N) is 5. The van der Waals surface area contributed by atoms with Crippen molar-refractivity contribution in [1.82, 2.24) is 29.9 Å². The van der Waals surface area contributed by atoms with E-state index in [0.29, 0.717) is 18.5 Å². The normalized spacial score (nSPS) is 25.2. The number of carbonyl (C=O) groups is 1. The minimum Gasteiger partial charge on any atom is -0.352 e. The molecule has 0 unspecified atom stereocenters. The lowest BCUT2D eigenvalue weighted by Gasteiger charge is -2.34. The van der Waals surface area contributed by atoms with Crippen LogP contribution in [0.2, 0.25) is 0 Å². The molecule has 0 aliphatic carbocycles. The molecule has 1 aromatic heterocycles. The molecule has 0 spiro atoms. The van der Waals surface area contributed by atoms with Crippen LogP contribution in [0.1, 0.15) is 69.4 Å². The van der Waals surface area contributed by atoms with Crippen molar-refractivity contribution in [3.05, 3.63) is 11.6 Å². The molecule has 1 atom stereocenters. The molecule has 2 fully saturated rings. The predicted octanol–water partition coefficient (Wildman–Crippen LogP) is 1.78. The highest BCUT2D eigenvalue weighted by molar-refractivity contribution is 5.78. The predicted molar refractivity (Wildman–Crippen MR) is 109 cm³/mol. The van der Waals surface area contributed by atoms with Crippen molar-refractivity contribution in [3.63, 3.8) is 0 Å². The third-order valence-electron chi connectivity index (χ3n) is 6.78. The Balaban J connectivity index is 1.29. The Hall–Kier alpha value is -1.47. The molecule has 1 aromatic rings. The van der Waals surface area contributed by atoms with Gasteiger partial charge < -0.3 is 14.8 Å².